The minimum atomic E-state index is -0.833. The Morgan fingerprint density at radius 1 is 1.56 bits per heavy atom. The number of hydrogen-bond donors (Lipinski definition) is 0. The monoisotopic (exact) mass is 242 g/mol. The maximum atomic E-state index is 13.0. The van der Waals surface area contributed by atoms with Crippen LogP contribution in [-0.2, 0) is 9.53 Å². The van der Waals surface area contributed by atoms with Crippen molar-refractivity contribution >= 4 is 23.6 Å². The summed E-state index contributed by atoms with van der Waals surface area (Å²) in [6.45, 7) is 0. The Morgan fingerprint density at radius 3 is 3.00 bits per heavy atom. The van der Waals surface area contributed by atoms with Crippen molar-refractivity contribution in [2.45, 2.75) is 6.10 Å². The second-order valence-electron chi connectivity index (χ2n) is 3.23. The van der Waals surface area contributed by atoms with Gasteiger partial charge >= 0.3 is 5.97 Å². The van der Waals surface area contributed by atoms with Gasteiger partial charge in [0.25, 0.3) is 0 Å². The number of ether oxygens (including phenoxy) is 2. The number of rotatable bonds is 1. The fourth-order valence-electron chi connectivity index (χ4n) is 1.43. The molecule has 0 aromatic heterocycles. The zero-order valence-corrected chi connectivity index (χ0v) is 9.12. The molecular weight excluding hydrogens is 235 g/mol. The van der Waals surface area contributed by atoms with Gasteiger partial charge in [0.1, 0.15) is 11.6 Å². The van der Waals surface area contributed by atoms with Gasteiger partial charge in [-0.2, -0.15) is 0 Å². The van der Waals surface area contributed by atoms with Gasteiger partial charge in [-0.1, -0.05) is 17.7 Å². The summed E-state index contributed by atoms with van der Waals surface area (Å²) in [5, 5.41) is 0.133. The minimum absolute atomic E-state index is 0.133. The first-order chi connectivity index (χ1) is 7.61. The van der Waals surface area contributed by atoms with E-state index < -0.39 is 17.9 Å². The van der Waals surface area contributed by atoms with Gasteiger partial charge < -0.3 is 9.47 Å². The predicted molar refractivity (Wildman–Crippen MR) is 56.9 cm³/mol. The van der Waals surface area contributed by atoms with Gasteiger partial charge in [-0.25, -0.2) is 9.18 Å². The molecule has 0 spiro atoms. The molecule has 1 atom stereocenters. The number of esters is 1. The van der Waals surface area contributed by atoms with Crippen LogP contribution >= 0.6 is 11.6 Å². The first kappa shape index (κ1) is 11.0. The zero-order chi connectivity index (χ0) is 11.7. The molecule has 0 saturated heterocycles. The molecular formula is C11H8ClFO3. The molecule has 1 heterocycles. The smallest absolute Gasteiger partial charge is 0.351 e. The van der Waals surface area contributed by atoms with Crippen LogP contribution in [-0.4, -0.2) is 19.2 Å². The van der Waals surface area contributed by atoms with Crippen LogP contribution in [0.1, 0.15) is 5.56 Å². The number of hydrogen-bond acceptors (Lipinski definition) is 3. The van der Waals surface area contributed by atoms with Crippen molar-refractivity contribution < 1.29 is 18.7 Å². The topological polar surface area (TPSA) is 35.5 Å². The van der Waals surface area contributed by atoms with Crippen molar-refractivity contribution in [3.05, 3.63) is 34.6 Å². The molecule has 0 saturated carbocycles. The highest BCUT2D eigenvalue weighted by Gasteiger charge is 2.24. The number of carbonyl (C=O) groups is 1. The Balaban J connectivity index is 2.37. The van der Waals surface area contributed by atoms with Gasteiger partial charge in [0.15, 0.2) is 0 Å². The highest BCUT2D eigenvalue weighted by molar-refractivity contribution is 6.32. The summed E-state index contributed by atoms with van der Waals surface area (Å²) in [4.78, 5) is 11.2. The average Bonchev–Trinajstić information content (AvgIpc) is 2.27. The van der Waals surface area contributed by atoms with E-state index >= 15 is 0 Å². The van der Waals surface area contributed by atoms with Crippen molar-refractivity contribution in [2.24, 2.45) is 0 Å². The molecule has 0 aliphatic carbocycles. The SMILES string of the molecule is COC(=O)[C@H]1C=Cc2cc(F)cc(Cl)c2O1. The Morgan fingerprint density at radius 2 is 2.31 bits per heavy atom. The van der Waals surface area contributed by atoms with E-state index in [9.17, 15) is 9.18 Å². The molecule has 16 heavy (non-hydrogen) atoms. The number of methoxy groups -OCH3 is 1. The second kappa shape index (κ2) is 4.14. The maximum absolute atomic E-state index is 13.0. The number of benzene rings is 1. The van der Waals surface area contributed by atoms with Gasteiger partial charge in [-0.15, -0.1) is 0 Å². The average molecular weight is 243 g/mol. The van der Waals surface area contributed by atoms with Crippen LogP contribution in [0.2, 0.25) is 5.02 Å². The summed E-state index contributed by atoms with van der Waals surface area (Å²) in [6, 6.07) is 2.42. The molecule has 3 nitrogen and oxygen atoms in total. The number of halogens is 2. The largest absolute Gasteiger partial charge is 0.472 e. The molecule has 0 N–H and O–H groups in total. The van der Waals surface area contributed by atoms with E-state index in [4.69, 9.17) is 16.3 Å². The standard InChI is InChI=1S/C11H8ClFO3/c1-15-11(14)9-3-2-6-4-7(13)5-8(12)10(6)16-9/h2-5,9H,1H3/t9-/m1/s1. The zero-order valence-electron chi connectivity index (χ0n) is 8.37. The van der Waals surface area contributed by atoms with E-state index in [-0.39, 0.29) is 5.02 Å². The van der Waals surface area contributed by atoms with Gasteiger partial charge in [-0.05, 0) is 18.2 Å². The van der Waals surface area contributed by atoms with Crippen LogP contribution < -0.4 is 4.74 Å². The number of carbonyl (C=O) groups excluding carboxylic acids is 1. The molecule has 1 aliphatic rings. The first-order valence-corrected chi connectivity index (χ1v) is 4.91. The minimum Gasteiger partial charge on any atom is -0.472 e. The Labute approximate surface area is 96.4 Å². The van der Waals surface area contributed by atoms with Crippen molar-refractivity contribution in [1.82, 2.24) is 0 Å². The van der Waals surface area contributed by atoms with E-state index in [1.54, 1.807) is 6.08 Å². The van der Waals surface area contributed by atoms with Crippen LogP contribution in [0.25, 0.3) is 6.08 Å². The molecule has 2 rings (SSSR count). The summed E-state index contributed by atoms with van der Waals surface area (Å²) in [5.41, 5.74) is 0.505. The van der Waals surface area contributed by atoms with Crippen molar-refractivity contribution in [1.29, 1.82) is 0 Å². The Hall–Kier alpha value is -1.55. The van der Waals surface area contributed by atoms with Crippen LogP contribution in [0.4, 0.5) is 4.39 Å². The van der Waals surface area contributed by atoms with E-state index in [0.29, 0.717) is 11.3 Å². The summed E-state index contributed by atoms with van der Waals surface area (Å²) in [6.07, 6.45) is 2.24. The van der Waals surface area contributed by atoms with Crippen molar-refractivity contribution in [3.63, 3.8) is 0 Å². The molecule has 0 fully saturated rings. The molecule has 1 aromatic carbocycles. The summed E-state index contributed by atoms with van der Waals surface area (Å²) < 4.78 is 22.9. The highest BCUT2D eigenvalue weighted by Crippen LogP contribution is 2.34. The second-order valence-corrected chi connectivity index (χ2v) is 3.63. The molecule has 0 bridgehead atoms. The van der Waals surface area contributed by atoms with Crippen molar-refractivity contribution in [2.75, 3.05) is 7.11 Å². The molecule has 1 aliphatic heterocycles. The van der Waals surface area contributed by atoms with Crippen molar-refractivity contribution in [3.8, 4) is 5.75 Å². The fraction of sp³-hybridized carbons (Fsp3) is 0.182. The normalized spacial score (nSPS) is 17.6. The summed E-state index contributed by atoms with van der Waals surface area (Å²) >= 11 is 5.81. The molecule has 1 aromatic rings. The molecule has 0 unspecified atom stereocenters. The van der Waals surface area contributed by atoms with Gasteiger partial charge in [0.05, 0.1) is 12.1 Å². The lowest BCUT2D eigenvalue weighted by Gasteiger charge is -2.20. The molecule has 84 valence electrons. The fourth-order valence-corrected chi connectivity index (χ4v) is 1.69. The quantitative estimate of drug-likeness (QED) is 0.710. The van der Waals surface area contributed by atoms with Crippen LogP contribution in [0.5, 0.6) is 5.75 Å². The van der Waals surface area contributed by atoms with Gasteiger partial charge in [0, 0.05) is 5.56 Å². The lowest BCUT2D eigenvalue weighted by Crippen LogP contribution is -2.28. The van der Waals surface area contributed by atoms with E-state index in [0.717, 1.165) is 6.07 Å². The number of fused-ring (bicyclic) bond motifs is 1. The van der Waals surface area contributed by atoms with Gasteiger partial charge in [-0.3, -0.25) is 0 Å². The van der Waals surface area contributed by atoms with Crippen LogP contribution in [0.3, 0.4) is 0 Å². The molecule has 0 amide bonds. The highest BCUT2D eigenvalue weighted by atomic mass is 35.5. The Kier molecular flexibility index (Phi) is 2.83. The lowest BCUT2D eigenvalue weighted by atomic mass is 10.1. The molecule has 5 heteroatoms. The summed E-state index contributed by atoms with van der Waals surface area (Å²) in [7, 11) is 1.27. The van der Waals surface area contributed by atoms with E-state index in [1.165, 1.54) is 19.3 Å². The molecule has 0 radical (unpaired) electrons. The third kappa shape index (κ3) is 1.88. The van der Waals surface area contributed by atoms with E-state index in [2.05, 4.69) is 4.74 Å². The van der Waals surface area contributed by atoms with Crippen LogP contribution in [0, 0.1) is 5.82 Å². The summed E-state index contributed by atoms with van der Waals surface area (Å²) in [5.74, 6) is -0.684. The predicted octanol–water partition coefficient (Wildman–Crippen LogP) is 2.43. The lowest BCUT2D eigenvalue weighted by molar-refractivity contribution is -0.146. The maximum Gasteiger partial charge on any atom is 0.351 e. The van der Waals surface area contributed by atoms with Crippen LogP contribution in [0.15, 0.2) is 18.2 Å². The third-order valence-electron chi connectivity index (χ3n) is 2.17. The first-order valence-electron chi connectivity index (χ1n) is 4.53. The Bertz CT molecular complexity index is 471. The third-order valence-corrected chi connectivity index (χ3v) is 2.45. The van der Waals surface area contributed by atoms with E-state index in [1.807, 2.05) is 0 Å². The van der Waals surface area contributed by atoms with Gasteiger partial charge in [0.2, 0.25) is 6.10 Å².